The molecule has 2 aliphatic rings. The molecule has 8 nitrogen and oxygen atoms in total. The summed E-state index contributed by atoms with van der Waals surface area (Å²) in [6.45, 7) is 1.45. The molecule has 0 atom stereocenters. The lowest BCUT2D eigenvalue weighted by Crippen LogP contribution is -2.43. The van der Waals surface area contributed by atoms with Gasteiger partial charge in [-0.1, -0.05) is 6.07 Å². The highest BCUT2D eigenvalue weighted by atomic mass is 16.5. The van der Waals surface area contributed by atoms with Crippen molar-refractivity contribution in [2.75, 3.05) is 18.4 Å². The van der Waals surface area contributed by atoms with Crippen LogP contribution in [0.2, 0.25) is 0 Å². The molecule has 8 heteroatoms. The third-order valence-corrected chi connectivity index (χ3v) is 4.48. The van der Waals surface area contributed by atoms with Gasteiger partial charge in [-0.2, -0.15) is 0 Å². The van der Waals surface area contributed by atoms with E-state index in [0.717, 1.165) is 5.56 Å². The van der Waals surface area contributed by atoms with Crippen LogP contribution in [0.3, 0.4) is 0 Å². The van der Waals surface area contributed by atoms with Gasteiger partial charge in [0.15, 0.2) is 0 Å². The van der Waals surface area contributed by atoms with Crippen LogP contribution in [-0.4, -0.2) is 46.1 Å². The molecular formula is C18H18N4O4. The lowest BCUT2D eigenvalue weighted by molar-refractivity contribution is 0.0535. The SMILES string of the molecule is O=C1OCc2ccc(NC(=O)N3CCC(Oc4ncccn4)CC3)cc21. The highest BCUT2D eigenvalue weighted by Gasteiger charge is 2.26. The molecule has 3 heterocycles. The van der Waals surface area contributed by atoms with E-state index in [-0.39, 0.29) is 18.1 Å². The largest absolute Gasteiger partial charge is 0.460 e. The molecule has 26 heavy (non-hydrogen) atoms. The summed E-state index contributed by atoms with van der Waals surface area (Å²) in [5.41, 5.74) is 1.94. The number of fused-ring (bicyclic) bond motifs is 1. The summed E-state index contributed by atoms with van der Waals surface area (Å²) in [5.74, 6) is -0.350. The van der Waals surface area contributed by atoms with Gasteiger partial charge in [0.25, 0.3) is 0 Å². The molecule has 1 saturated heterocycles. The third-order valence-electron chi connectivity index (χ3n) is 4.48. The number of nitrogens with one attached hydrogen (secondary N) is 1. The van der Waals surface area contributed by atoms with E-state index in [2.05, 4.69) is 15.3 Å². The maximum absolute atomic E-state index is 12.4. The summed E-state index contributed by atoms with van der Waals surface area (Å²) in [4.78, 5) is 33.9. The van der Waals surface area contributed by atoms with Crippen LogP contribution in [0.15, 0.2) is 36.7 Å². The second-order valence-electron chi connectivity index (χ2n) is 6.21. The van der Waals surface area contributed by atoms with E-state index in [0.29, 0.717) is 49.8 Å². The van der Waals surface area contributed by atoms with Crippen LogP contribution in [0.25, 0.3) is 0 Å². The molecule has 0 unspecified atom stereocenters. The Morgan fingerprint density at radius 3 is 2.77 bits per heavy atom. The van der Waals surface area contributed by atoms with Crippen LogP contribution in [0.1, 0.15) is 28.8 Å². The Morgan fingerprint density at radius 1 is 1.23 bits per heavy atom. The minimum absolute atomic E-state index is 0.00350. The molecule has 134 valence electrons. The fourth-order valence-corrected chi connectivity index (χ4v) is 3.07. The average Bonchev–Trinajstić information content (AvgIpc) is 3.04. The molecule has 2 aliphatic heterocycles. The number of hydrogen-bond acceptors (Lipinski definition) is 6. The van der Waals surface area contributed by atoms with Gasteiger partial charge in [-0.15, -0.1) is 0 Å². The number of cyclic esters (lactones) is 1. The molecule has 2 amide bonds. The summed E-state index contributed by atoms with van der Waals surface area (Å²) in [5, 5.41) is 2.84. The van der Waals surface area contributed by atoms with Crippen molar-refractivity contribution in [3.63, 3.8) is 0 Å². The molecule has 0 saturated carbocycles. The van der Waals surface area contributed by atoms with Crippen molar-refractivity contribution in [3.05, 3.63) is 47.8 Å². The van der Waals surface area contributed by atoms with Crippen LogP contribution in [0, 0.1) is 0 Å². The Balaban J connectivity index is 1.31. The standard InChI is InChI=1S/C18H18N4O4/c23-16-15-10-13(3-2-12(15)11-25-16)21-18(24)22-8-4-14(5-9-22)26-17-19-6-1-7-20-17/h1-3,6-7,10,14H,4-5,8-9,11H2,(H,21,24). The van der Waals surface area contributed by atoms with Gasteiger partial charge < -0.3 is 19.7 Å². The number of amides is 2. The summed E-state index contributed by atoms with van der Waals surface area (Å²) >= 11 is 0. The third kappa shape index (κ3) is 3.44. The van der Waals surface area contributed by atoms with Crippen molar-refractivity contribution in [1.29, 1.82) is 0 Å². The van der Waals surface area contributed by atoms with Crippen molar-refractivity contribution < 1.29 is 19.1 Å². The zero-order valence-electron chi connectivity index (χ0n) is 14.1. The minimum atomic E-state index is -0.350. The Kier molecular flexibility index (Phi) is 4.39. The van der Waals surface area contributed by atoms with Crippen LogP contribution in [0.5, 0.6) is 6.01 Å². The van der Waals surface area contributed by atoms with Gasteiger partial charge in [0.1, 0.15) is 12.7 Å². The van der Waals surface area contributed by atoms with Crippen molar-refractivity contribution in [2.45, 2.75) is 25.6 Å². The maximum Gasteiger partial charge on any atom is 0.338 e. The molecule has 1 aromatic carbocycles. The predicted octanol–water partition coefficient (Wildman–Crippen LogP) is 2.22. The smallest absolute Gasteiger partial charge is 0.338 e. The van der Waals surface area contributed by atoms with Gasteiger partial charge in [-0.3, -0.25) is 0 Å². The highest BCUT2D eigenvalue weighted by Crippen LogP contribution is 2.24. The molecule has 4 rings (SSSR count). The molecule has 0 bridgehead atoms. The number of aromatic nitrogens is 2. The van der Waals surface area contributed by atoms with E-state index in [1.807, 2.05) is 0 Å². The van der Waals surface area contributed by atoms with Crippen LogP contribution >= 0.6 is 0 Å². The monoisotopic (exact) mass is 354 g/mol. The minimum Gasteiger partial charge on any atom is -0.460 e. The Bertz CT molecular complexity index is 819. The maximum atomic E-state index is 12.4. The molecule has 1 fully saturated rings. The number of piperidine rings is 1. The summed E-state index contributed by atoms with van der Waals surface area (Å²) in [6, 6.07) is 7.15. The molecule has 0 aliphatic carbocycles. The quantitative estimate of drug-likeness (QED) is 0.850. The fourth-order valence-electron chi connectivity index (χ4n) is 3.07. The molecule has 0 radical (unpaired) electrons. The van der Waals surface area contributed by atoms with Gasteiger partial charge >= 0.3 is 18.0 Å². The number of carbonyl (C=O) groups excluding carboxylic acids is 2. The number of likely N-dealkylation sites (tertiary alicyclic amines) is 1. The van der Waals surface area contributed by atoms with Crippen LogP contribution < -0.4 is 10.1 Å². The van der Waals surface area contributed by atoms with E-state index < -0.39 is 0 Å². The zero-order valence-corrected chi connectivity index (χ0v) is 14.1. The van der Waals surface area contributed by atoms with Crippen molar-refractivity contribution in [1.82, 2.24) is 14.9 Å². The highest BCUT2D eigenvalue weighted by molar-refractivity contribution is 5.96. The summed E-state index contributed by atoms with van der Waals surface area (Å²) in [7, 11) is 0. The number of anilines is 1. The normalized spacial score (nSPS) is 16.8. The van der Waals surface area contributed by atoms with E-state index in [9.17, 15) is 9.59 Å². The lowest BCUT2D eigenvalue weighted by Gasteiger charge is -2.31. The molecule has 2 aromatic rings. The second kappa shape index (κ2) is 6.99. The summed E-state index contributed by atoms with van der Waals surface area (Å²) in [6.07, 6.45) is 4.69. The van der Waals surface area contributed by atoms with Gasteiger partial charge in [0.05, 0.1) is 5.56 Å². The number of urea groups is 1. The zero-order chi connectivity index (χ0) is 17.9. The molecule has 1 aromatic heterocycles. The molecule has 1 N–H and O–H groups in total. The number of hydrogen-bond donors (Lipinski definition) is 1. The number of nitrogens with zero attached hydrogens (tertiary/aromatic N) is 3. The first-order chi connectivity index (χ1) is 12.7. The van der Waals surface area contributed by atoms with E-state index in [1.165, 1.54) is 0 Å². The first kappa shape index (κ1) is 16.3. The van der Waals surface area contributed by atoms with Crippen molar-refractivity contribution in [2.24, 2.45) is 0 Å². The number of benzene rings is 1. The number of rotatable bonds is 3. The van der Waals surface area contributed by atoms with Crippen LogP contribution in [0.4, 0.5) is 10.5 Å². The summed E-state index contributed by atoms with van der Waals surface area (Å²) < 4.78 is 10.7. The lowest BCUT2D eigenvalue weighted by atomic mass is 10.1. The molecule has 0 spiro atoms. The van der Waals surface area contributed by atoms with Crippen molar-refractivity contribution >= 4 is 17.7 Å². The number of ether oxygens (including phenoxy) is 2. The van der Waals surface area contributed by atoms with Gasteiger partial charge in [0, 0.05) is 49.6 Å². The number of carbonyl (C=O) groups is 2. The van der Waals surface area contributed by atoms with Gasteiger partial charge in [-0.25, -0.2) is 19.6 Å². The average molecular weight is 354 g/mol. The Labute approximate surface area is 150 Å². The first-order valence-electron chi connectivity index (χ1n) is 8.49. The number of esters is 1. The van der Waals surface area contributed by atoms with Gasteiger partial charge in [0.2, 0.25) is 0 Å². The van der Waals surface area contributed by atoms with Gasteiger partial charge in [-0.05, 0) is 18.2 Å². The second-order valence-corrected chi connectivity index (χ2v) is 6.21. The fraction of sp³-hybridized carbons (Fsp3) is 0.333. The van der Waals surface area contributed by atoms with E-state index >= 15 is 0 Å². The topological polar surface area (TPSA) is 93.7 Å². The van der Waals surface area contributed by atoms with E-state index in [1.54, 1.807) is 41.6 Å². The van der Waals surface area contributed by atoms with E-state index in [4.69, 9.17) is 9.47 Å². The predicted molar refractivity (Wildman–Crippen MR) is 91.8 cm³/mol. The first-order valence-corrected chi connectivity index (χ1v) is 8.49. The van der Waals surface area contributed by atoms with Crippen molar-refractivity contribution in [3.8, 4) is 6.01 Å². The van der Waals surface area contributed by atoms with Crippen LogP contribution in [-0.2, 0) is 11.3 Å². The Morgan fingerprint density at radius 2 is 2.00 bits per heavy atom. The molecular weight excluding hydrogens is 336 g/mol. The Hall–Kier alpha value is -3.16.